The van der Waals surface area contributed by atoms with Crippen LogP contribution in [0.1, 0.15) is 16.0 Å². The highest BCUT2D eigenvalue weighted by atomic mass is 32.1. The van der Waals surface area contributed by atoms with Gasteiger partial charge >= 0.3 is 12.1 Å². The first-order valence-corrected chi connectivity index (χ1v) is 7.40. The number of aliphatic carboxylic acids is 1. The smallest absolute Gasteiger partial charge is 0.412 e. The van der Waals surface area contributed by atoms with E-state index in [-0.39, 0.29) is 12.3 Å². The molecule has 1 amide bonds. The van der Waals surface area contributed by atoms with E-state index in [0.29, 0.717) is 0 Å². The van der Waals surface area contributed by atoms with E-state index in [0.717, 1.165) is 16.0 Å². The number of nitrogens with one attached hydrogen (secondary N) is 1. The van der Waals surface area contributed by atoms with Gasteiger partial charge in [0.25, 0.3) is 0 Å². The largest absolute Gasteiger partial charge is 0.477 e. The van der Waals surface area contributed by atoms with Crippen LogP contribution in [0.3, 0.4) is 0 Å². The Morgan fingerprint density at radius 3 is 2.64 bits per heavy atom. The number of amides is 1. The molecule has 0 bridgehead atoms. The monoisotopic (exact) mass is 317 g/mol. The summed E-state index contributed by atoms with van der Waals surface area (Å²) >= 11 is 1.40. The van der Waals surface area contributed by atoms with E-state index < -0.39 is 12.1 Å². The van der Waals surface area contributed by atoms with Crippen LogP contribution < -0.4 is 5.32 Å². The lowest BCUT2D eigenvalue weighted by atomic mass is 10.2. The fourth-order valence-electron chi connectivity index (χ4n) is 1.69. The molecule has 1 heterocycles. The van der Waals surface area contributed by atoms with E-state index in [9.17, 15) is 9.59 Å². The minimum Gasteiger partial charge on any atom is -0.477 e. The van der Waals surface area contributed by atoms with Crippen LogP contribution in [0, 0.1) is 6.92 Å². The molecule has 5 nitrogen and oxygen atoms in total. The summed E-state index contributed by atoms with van der Waals surface area (Å²) in [5.41, 5.74) is 1.64. The number of carbonyl (C=O) groups is 2. The van der Waals surface area contributed by atoms with Crippen molar-refractivity contribution in [2.75, 3.05) is 0 Å². The van der Waals surface area contributed by atoms with Crippen LogP contribution in [0.5, 0.6) is 0 Å². The van der Waals surface area contributed by atoms with Crippen molar-refractivity contribution in [1.82, 2.24) is 5.32 Å². The standard InChI is InChI=1S/C16H15NO4S/c1-11-7-13(22-10-11)8-14(15(18)19)17-16(20)21-9-12-5-3-2-4-6-12/h2-8,10H,9H2,1H3,(H,17,20)(H,18,19)/b14-8-. The molecule has 0 spiro atoms. The van der Waals surface area contributed by atoms with Gasteiger partial charge in [0, 0.05) is 4.88 Å². The van der Waals surface area contributed by atoms with E-state index in [2.05, 4.69) is 5.32 Å². The lowest BCUT2D eigenvalue weighted by Gasteiger charge is -2.07. The van der Waals surface area contributed by atoms with Gasteiger partial charge < -0.3 is 9.84 Å². The van der Waals surface area contributed by atoms with Crippen molar-refractivity contribution >= 4 is 29.5 Å². The normalized spacial score (nSPS) is 11.0. The highest BCUT2D eigenvalue weighted by Gasteiger charge is 2.13. The number of carboxylic acids is 1. The zero-order valence-corrected chi connectivity index (χ0v) is 12.7. The van der Waals surface area contributed by atoms with Gasteiger partial charge in [-0.2, -0.15) is 0 Å². The molecule has 1 aromatic heterocycles. The molecular weight excluding hydrogens is 302 g/mol. The Labute approximate surface area is 131 Å². The van der Waals surface area contributed by atoms with Gasteiger partial charge in [0.1, 0.15) is 12.3 Å². The van der Waals surface area contributed by atoms with Crippen molar-refractivity contribution in [2.24, 2.45) is 0 Å². The van der Waals surface area contributed by atoms with Crippen LogP contribution in [-0.4, -0.2) is 17.2 Å². The fraction of sp³-hybridized carbons (Fsp3) is 0.125. The predicted octanol–water partition coefficient (Wildman–Crippen LogP) is 3.41. The summed E-state index contributed by atoms with van der Waals surface area (Å²) in [4.78, 5) is 23.6. The number of carboxylic acid groups (broad SMARTS) is 1. The maximum atomic E-state index is 11.7. The maximum absolute atomic E-state index is 11.7. The second-order valence-electron chi connectivity index (χ2n) is 4.58. The van der Waals surface area contributed by atoms with Gasteiger partial charge in [-0.05, 0) is 35.6 Å². The topological polar surface area (TPSA) is 75.6 Å². The van der Waals surface area contributed by atoms with Crippen molar-refractivity contribution in [3.63, 3.8) is 0 Å². The van der Waals surface area contributed by atoms with Crippen LogP contribution >= 0.6 is 11.3 Å². The third kappa shape index (κ3) is 4.75. The molecule has 0 saturated heterocycles. The number of hydrogen-bond acceptors (Lipinski definition) is 4. The summed E-state index contributed by atoms with van der Waals surface area (Å²) in [6, 6.07) is 11.0. The number of alkyl carbamates (subject to hydrolysis) is 1. The van der Waals surface area contributed by atoms with Crippen LogP contribution in [0.15, 0.2) is 47.5 Å². The van der Waals surface area contributed by atoms with Gasteiger partial charge in [-0.25, -0.2) is 9.59 Å². The van der Waals surface area contributed by atoms with Gasteiger partial charge in [0.15, 0.2) is 0 Å². The van der Waals surface area contributed by atoms with E-state index in [4.69, 9.17) is 9.84 Å². The van der Waals surface area contributed by atoms with Crippen molar-refractivity contribution in [1.29, 1.82) is 0 Å². The van der Waals surface area contributed by atoms with Gasteiger partial charge in [-0.3, -0.25) is 5.32 Å². The van der Waals surface area contributed by atoms with E-state index in [1.54, 1.807) is 0 Å². The summed E-state index contributed by atoms with van der Waals surface area (Å²) in [5.74, 6) is -1.22. The van der Waals surface area contributed by atoms with Crippen LogP contribution in [0.4, 0.5) is 4.79 Å². The van der Waals surface area contributed by atoms with Crippen molar-refractivity contribution in [2.45, 2.75) is 13.5 Å². The molecule has 0 fully saturated rings. The van der Waals surface area contributed by atoms with Gasteiger partial charge in [0.05, 0.1) is 0 Å². The molecule has 0 aliphatic rings. The number of carbonyl (C=O) groups excluding carboxylic acids is 1. The van der Waals surface area contributed by atoms with Gasteiger partial charge in [0.2, 0.25) is 0 Å². The Bertz CT molecular complexity index is 691. The SMILES string of the molecule is Cc1csc(/C=C(\NC(=O)OCc2ccccc2)C(=O)O)c1. The quantitative estimate of drug-likeness (QED) is 0.829. The molecule has 0 radical (unpaired) electrons. The van der Waals surface area contributed by atoms with E-state index in [1.807, 2.05) is 48.7 Å². The molecule has 0 saturated carbocycles. The Kier molecular flexibility index (Phi) is 5.32. The number of benzene rings is 1. The second kappa shape index (κ2) is 7.42. The van der Waals surface area contributed by atoms with Gasteiger partial charge in [-0.15, -0.1) is 11.3 Å². The average Bonchev–Trinajstić information content (AvgIpc) is 2.91. The minimum absolute atomic E-state index is 0.0810. The molecule has 114 valence electrons. The summed E-state index contributed by atoms with van der Waals surface area (Å²) in [6.45, 7) is 1.99. The number of aryl methyl sites for hydroxylation is 1. The first-order valence-electron chi connectivity index (χ1n) is 6.52. The van der Waals surface area contributed by atoms with Crippen LogP contribution in [0.2, 0.25) is 0 Å². The molecule has 0 atom stereocenters. The molecule has 22 heavy (non-hydrogen) atoms. The van der Waals surface area contributed by atoms with Crippen LogP contribution in [-0.2, 0) is 16.1 Å². The lowest BCUT2D eigenvalue weighted by Crippen LogP contribution is -2.27. The van der Waals surface area contributed by atoms with E-state index in [1.165, 1.54) is 17.4 Å². The Balaban J connectivity index is 1.97. The highest BCUT2D eigenvalue weighted by Crippen LogP contribution is 2.16. The van der Waals surface area contributed by atoms with Crippen molar-refractivity contribution in [3.8, 4) is 0 Å². The first kappa shape index (κ1) is 15.8. The number of rotatable bonds is 5. The molecule has 2 aromatic rings. The highest BCUT2D eigenvalue weighted by molar-refractivity contribution is 7.11. The number of ether oxygens (including phenoxy) is 1. The number of thiophene rings is 1. The molecule has 1 aromatic carbocycles. The molecule has 0 unspecified atom stereocenters. The van der Waals surface area contributed by atoms with E-state index >= 15 is 0 Å². The lowest BCUT2D eigenvalue weighted by molar-refractivity contribution is -0.132. The number of hydrogen-bond donors (Lipinski definition) is 2. The Morgan fingerprint density at radius 1 is 1.32 bits per heavy atom. The zero-order chi connectivity index (χ0) is 15.9. The summed E-state index contributed by atoms with van der Waals surface area (Å²) in [5, 5.41) is 13.3. The van der Waals surface area contributed by atoms with Crippen molar-refractivity contribution in [3.05, 3.63) is 63.5 Å². The van der Waals surface area contributed by atoms with Crippen molar-refractivity contribution < 1.29 is 19.4 Å². The predicted molar refractivity (Wildman–Crippen MR) is 84.4 cm³/mol. The molecule has 2 N–H and O–H groups in total. The zero-order valence-electron chi connectivity index (χ0n) is 11.9. The third-order valence-corrected chi connectivity index (χ3v) is 3.71. The Hall–Kier alpha value is -2.60. The fourth-order valence-corrected chi connectivity index (χ4v) is 2.52. The molecule has 2 rings (SSSR count). The molecule has 0 aliphatic heterocycles. The summed E-state index contributed by atoms with van der Waals surface area (Å²) < 4.78 is 5.00. The van der Waals surface area contributed by atoms with Gasteiger partial charge in [-0.1, -0.05) is 30.3 Å². The summed E-state index contributed by atoms with van der Waals surface area (Å²) in [6.07, 6.45) is 0.606. The van der Waals surface area contributed by atoms with Crippen LogP contribution in [0.25, 0.3) is 6.08 Å². The minimum atomic E-state index is -1.22. The molecule has 0 aliphatic carbocycles. The first-order chi connectivity index (χ1) is 10.5. The summed E-state index contributed by atoms with van der Waals surface area (Å²) in [7, 11) is 0. The molecular formula is C16H15NO4S. The third-order valence-electron chi connectivity index (χ3n) is 2.72. The average molecular weight is 317 g/mol. The Morgan fingerprint density at radius 2 is 2.05 bits per heavy atom. The maximum Gasteiger partial charge on any atom is 0.412 e. The second-order valence-corrected chi connectivity index (χ2v) is 5.52. The molecule has 6 heteroatoms.